The van der Waals surface area contributed by atoms with Crippen LogP contribution < -0.4 is 5.32 Å². The van der Waals surface area contributed by atoms with Crippen LogP contribution in [0.25, 0.3) is 11.3 Å². The average molecular weight is 312 g/mol. The number of benzene rings is 1. The molecule has 0 saturated carbocycles. The summed E-state index contributed by atoms with van der Waals surface area (Å²) in [6.45, 7) is 7.42. The van der Waals surface area contributed by atoms with Gasteiger partial charge in [0, 0.05) is 32.1 Å². The van der Waals surface area contributed by atoms with Crippen molar-refractivity contribution in [1.82, 2.24) is 10.2 Å². The van der Waals surface area contributed by atoms with Gasteiger partial charge in [0.25, 0.3) is 0 Å². The fourth-order valence-electron chi connectivity index (χ4n) is 3.18. The summed E-state index contributed by atoms with van der Waals surface area (Å²) in [4.78, 5) is 13.5. The van der Waals surface area contributed by atoms with Crippen LogP contribution >= 0.6 is 0 Å². The maximum absolute atomic E-state index is 11.0. The zero-order chi connectivity index (χ0) is 16.2. The second kappa shape index (κ2) is 7.01. The van der Waals surface area contributed by atoms with E-state index in [1.54, 1.807) is 6.92 Å². The van der Waals surface area contributed by atoms with Crippen molar-refractivity contribution in [3.05, 3.63) is 47.7 Å². The molecular formula is C19H24N2O2. The molecule has 2 aromatic rings. The van der Waals surface area contributed by atoms with Crippen molar-refractivity contribution < 1.29 is 9.21 Å². The summed E-state index contributed by atoms with van der Waals surface area (Å²) < 4.78 is 5.71. The molecule has 3 rings (SSSR count). The minimum atomic E-state index is 0.0601. The summed E-state index contributed by atoms with van der Waals surface area (Å²) >= 11 is 0. The normalized spacial score (nSPS) is 18.3. The third kappa shape index (κ3) is 4.23. The largest absolute Gasteiger partial charge is 0.461 e. The number of carbonyl (C=O) groups excluding carboxylic acids is 1. The number of nitrogens with zero attached hydrogens (tertiary/aromatic N) is 1. The zero-order valence-corrected chi connectivity index (χ0v) is 13.8. The van der Waals surface area contributed by atoms with Crippen molar-refractivity contribution in [3.8, 4) is 11.3 Å². The molecule has 1 amide bonds. The topological polar surface area (TPSA) is 45.5 Å². The van der Waals surface area contributed by atoms with Gasteiger partial charge in [-0.3, -0.25) is 9.69 Å². The summed E-state index contributed by atoms with van der Waals surface area (Å²) in [5, 5.41) is 2.93. The van der Waals surface area contributed by atoms with Gasteiger partial charge in [0.1, 0.15) is 11.5 Å². The van der Waals surface area contributed by atoms with E-state index in [0.717, 1.165) is 49.7 Å². The molecule has 1 atom stereocenters. The molecular weight excluding hydrogens is 288 g/mol. The molecule has 1 aromatic carbocycles. The van der Waals surface area contributed by atoms with Crippen LogP contribution in [0.4, 0.5) is 0 Å². The molecule has 1 aliphatic rings. The first-order chi connectivity index (χ1) is 11.1. The van der Waals surface area contributed by atoms with Crippen LogP contribution in [0.3, 0.4) is 0 Å². The number of hydrogen-bond acceptors (Lipinski definition) is 3. The molecule has 0 bridgehead atoms. The molecule has 1 unspecified atom stereocenters. The molecule has 0 spiro atoms. The van der Waals surface area contributed by atoms with Gasteiger partial charge in [-0.2, -0.15) is 0 Å². The van der Waals surface area contributed by atoms with E-state index < -0.39 is 0 Å². The number of aryl methyl sites for hydroxylation is 1. The number of rotatable bonds is 5. The highest BCUT2D eigenvalue weighted by atomic mass is 16.3. The molecule has 1 fully saturated rings. The first-order valence-electron chi connectivity index (χ1n) is 8.22. The van der Waals surface area contributed by atoms with E-state index in [2.05, 4.69) is 34.5 Å². The molecule has 1 aromatic heterocycles. The van der Waals surface area contributed by atoms with Crippen molar-refractivity contribution >= 4 is 5.91 Å². The van der Waals surface area contributed by atoms with Gasteiger partial charge in [-0.25, -0.2) is 0 Å². The maximum atomic E-state index is 11.0. The fourth-order valence-corrected chi connectivity index (χ4v) is 3.18. The lowest BCUT2D eigenvalue weighted by molar-refractivity contribution is -0.119. The van der Waals surface area contributed by atoms with Crippen LogP contribution in [-0.2, 0) is 11.3 Å². The summed E-state index contributed by atoms with van der Waals surface area (Å²) in [6, 6.07) is 12.6. The molecule has 122 valence electrons. The molecule has 4 heteroatoms. The first-order valence-corrected chi connectivity index (χ1v) is 8.22. The fraction of sp³-hybridized carbons (Fsp3) is 0.421. The van der Waals surface area contributed by atoms with Gasteiger partial charge >= 0.3 is 0 Å². The summed E-state index contributed by atoms with van der Waals surface area (Å²) in [5.74, 6) is 2.49. The molecule has 4 nitrogen and oxygen atoms in total. The van der Waals surface area contributed by atoms with Gasteiger partial charge in [0.15, 0.2) is 0 Å². The quantitative estimate of drug-likeness (QED) is 0.922. The van der Waals surface area contributed by atoms with Gasteiger partial charge in [0.2, 0.25) is 5.91 Å². The molecule has 23 heavy (non-hydrogen) atoms. The molecule has 1 N–H and O–H groups in total. The van der Waals surface area contributed by atoms with Crippen LogP contribution in [0.15, 0.2) is 40.8 Å². The van der Waals surface area contributed by atoms with E-state index in [0.29, 0.717) is 5.92 Å². The van der Waals surface area contributed by atoms with E-state index in [1.807, 2.05) is 19.1 Å². The number of furan rings is 1. The van der Waals surface area contributed by atoms with Crippen molar-refractivity contribution in [2.45, 2.75) is 26.8 Å². The average Bonchev–Trinajstić information content (AvgIpc) is 3.14. The number of likely N-dealkylation sites (tertiary alicyclic amines) is 1. The Morgan fingerprint density at radius 3 is 2.96 bits per heavy atom. The van der Waals surface area contributed by atoms with E-state index >= 15 is 0 Å². The Kier molecular flexibility index (Phi) is 4.82. The Balaban J connectivity index is 1.59. The number of amides is 1. The molecule has 1 saturated heterocycles. The van der Waals surface area contributed by atoms with E-state index in [4.69, 9.17) is 4.42 Å². The lowest BCUT2D eigenvalue weighted by Crippen LogP contribution is -2.29. The van der Waals surface area contributed by atoms with Crippen LogP contribution in [0.1, 0.15) is 24.7 Å². The smallest absolute Gasteiger partial charge is 0.216 e. The van der Waals surface area contributed by atoms with Crippen LogP contribution in [0, 0.1) is 12.8 Å². The highest BCUT2D eigenvalue weighted by Gasteiger charge is 2.22. The van der Waals surface area contributed by atoms with E-state index in [-0.39, 0.29) is 5.91 Å². The zero-order valence-electron chi connectivity index (χ0n) is 13.8. The van der Waals surface area contributed by atoms with Crippen LogP contribution in [0.5, 0.6) is 0 Å². The Morgan fingerprint density at radius 2 is 2.22 bits per heavy atom. The Hall–Kier alpha value is -2.07. The SMILES string of the molecule is CC(=O)NCC1CCN(Cc2cccc(-c3ccc(C)o3)c2)C1. The lowest BCUT2D eigenvalue weighted by atomic mass is 10.1. The standard InChI is InChI=1S/C19H24N2O2/c1-14-6-7-19(23-14)18-5-3-4-16(10-18)12-21-9-8-17(13-21)11-20-15(2)22/h3-7,10,17H,8-9,11-13H2,1-2H3,(H,20,22). The molecule has 0 aliphatic carbocycles. The summed E-state index contributed by atoms with van der Waals surface area (Å²) in [6.07, 6.45) is 1.15. The van der Waals surface area contributed by atoms with Crippen molar-refractivity contribution in [2.24, 2.45) is 5.92 Å². The highest BCUT2D eigenvalue weighted by Crippen LogP contribution is 2.24. The molecule has 0 radical (unpaired) electrons. The summed E-state index contributed by atoms with van der Waals surface area (Å²) in [5.41, 5.74) is 2.43. The number of carbonyl (C=O) groups is 1. The van der Waals surface area contributed by atoms with Gasteiger partial charge < -0.3 is 9.73 Å². The summed E-state index contributed by atoms with van der Waals surface area (Å²) in [7, 11) is 0. The minimum Gasteiger partial charge on any atom is -0.461 e. The second-order valence-corrected chi connectivity index (χ2v) is 6.44. The number of hydrogen-bond donors (Lipinski definition) is 1. The van der Waals surface area contributed by atoms with Crippen molar-refractivity contribution in [3.63, 3.8) is 0 Å². The van der Waals surface area contributed by atoms with E-state index in [9.17, 15) is 4.79 Å². The van der Waals surface area contributed by atoms with Crippen molar-refractivity contribution in [1.29, 1.82) is 0 Å². The van der Waals surface area contributed by atoms with Gasteiger partial charge in [0.05, 0.1) is 0 Å². The van der Waals surface area contributed by atoms with E-state index in [1.165, 1.54) is 5.56 Å². The van der Waals surface area contributed by atoms with Gasteiger partial charge in [-0.05, 0) is 49.6 Å². The second-order valence-electron chi connectivity index (χ2n) is 6.44. The minimum absolute atomic E-state index is 0.0601. The predicted molar refractivity (Wildman–Crippen MR) is 90.9 cm³/mol. The number of nitrogens with one attached hydrogen (secondary N) is 1. The van der Waals surface area contributed by atoms with Crippen LogP contribution in [0.2, 0.25) is 0 Å². The maximum Gasteiger partial charge on any atom is 0.216 e. The van der Waals surface area contributed by atoms with Gasteiger partial charge in [-0.1, -0.05) is 18.2 Å². The Morgan fingerprint density at radius 1 is 1.35 bits per heavy atom. The third-order valence-electron chi connectivity index (χ3n) is 4.37. The molecule has 2 heterocycles. The highest BCUT2D eigenvalue weighted by molar-refractivity contribution is 5.72. The van der Waals surface area contributed by atoms with Crippen LogP contribution in [-0.4, -0.2) is 30.4 Å². The molecule has 1 aliphatic heterocycles. The first kappa shape index (κ1) is 15.8. The Labute approximate surface area is 137 Å². The predicted octanol–water partition coefficient (Wildman–Crippen LogP) is 3.21. The lowest BCUT2D eigenvalue weighted by Gasteiger charge is -2.16. The monoisotopic (exact) mass is 312 g/mol. The third-order valence-corrected chi connectivity index (χ3v) is 4.37. The van der Waals surface area contributed by atoms with Gasteiger partial charge in [-0.15, -0.1) is 0 Å². The Bertz CT molecular complexity index is 678. The van der Waals surface area contributed by atoms with Crippen molar-refractivity contribution in [2.75, 3.05) is 19.6 Å².